The Labute approximate surface area is 122 Å². The summed E-state index contributed by atoms with van der Waals surface area (Å²) in [5.74, 6) is 0.661. The van der Waals surface area contributed by atoms with Gasteiger partial charge >= 0.3 is 0 Å². The number of nitrogens with zero attached hydrogens (tertiary/aromatic N) is 3. The normalized spacial score (nSPS) is 11.2. The van der Waals surface area contributed by atoms with Gasteiger partial charge in [0.15, 0.2) is 0 Å². The van der Waals surface area contributed by atoms with E-state index < -0.39 is 0 Å². The van der Waals surface area contributed by atoms with Crippen LogP contribution in [-0.4, -0.2) is 21.1 Å². The summed E-state index contributed by atoms with van der Waals surface area (Å²) in [6.07, 6.45) is 5.74. The van der Waals surface area contributed by atoms with Crippen molar-refractivity contribution >= 4 is 15.9 Å². The predicted octanol–water partition coefficient (Wildman–Crippen LogP) is 2.83. The maximum absolute atomic E-state index is 4.39. The van der Waals surface area contributed by atoms with Gasteiger partial charge in [0.05, 0.1) is 24.3 Å². The molecule has 0 aliphatic carbocycles. The molecule has 0 amide bonds. The molecule has 0 unspecified atom stereocenters. The number of nitrogens with one attached hydrogen (secondary N) is 1. The van der Waals surface area contributed by atoms with E-state index in [0.717, 1.165) is 35.5 Å². The van der Waals surface area contributed by atoms with Crippen LogP contribution < -0.4 is 5.32 Å². The van der Waals surface area contributed by atoms with Crippen LogP contribution in [0.25, 0.3) is 0 Å². The van der Waals surface area contributed by atoms with Crippen molar-refractivity contribution in [1.82, 2.24) is 19.9 Å². The zero-order valence-electron chi connectivity index (χ0n) is 11.3. The lowest BCUT2D eigenvalue weighted by Gasteiger charge is -2.05. The highest BCUT2D eigenvalue weighted by atomic mass is 79.9. The summed E-state index contributed by atoms with van der Waals surface area (Å²) >= 11 is 3.39. The van der Waals surface area contributed by atoms with Crippen LogP contribution in [0.3, 0.4) is 0 Å². The highest BCUT2D eigenvalue weighted by Gasteiger charge is 2.01. The van der Waals surface area contributed by atoms with Crippen molar-refractivity contribution in [2.45, 2.75) is 26.9 Å². The van der Waals surface area contributed by atoms with E-state index in [1.807, 2.05) is 24.7 Å². The minimum absolute atomic E-state index is 0.661. The van der Waals surface area contributed by atoms with Gasteiger partial charge in [-0.05, 0) is 40.5 Å². The van der Waals surface area contributed by atoms with Crippen molar-refractivity contribution in [3.8, 4) is 0 Å². The van der Waals surface area contributed by atoms with E-state index in [1.54, 1.807) is 0 Å². The lowest BCUT2D eigenvalue weighted by molar-refractivity contribution is 0.548. The second-order valence-corrected chi connectivity index (χ2v) is 5.95. The Bertz CT molecular complexity index is 504. The number of pyridine rings is 1. The number of aromatic nitrogens is 3. The quantitative estimate of drug-likeness (QED) is 0.889. The molecule has 0 aliphatic heterocycles. The highest BCUT2D eigenvalue weighted by molar-refractivity contribution is 9.10. The molecule has 5 heteroatoms. The molecule has 19 heavy (non-hydrogen) atoms. The van der Waals surface area contributed by atoms with E-state index in [-0.39, 0.29) is 0 Å². The molecule has 0 atom stereocenters. The Hall–Kier alpha value is -1.20. The van der Waals surface area contributed by atoms with Crippen molar-refractivity contribution in [3.05, 3.63) is 46.7 Å². The van der Waals surface area contributed by atoms with Gasteiger partial charge in [-0.15, -0.1) is 0 Å². The first kappa shape index (κ1) is 14.2. The molecule has 0 saturated heterocycles. The van der Waals surface area contributed by atoms with E-state index in [2.05, 4.69) is 55.8 Å². The minimum atomic E-state index is 0.661. The summed E-state index contributed by atoms with van der Waals surface area (Å²) in [4.78, 5) is 8.75. The summed E-state index contributed by atoms with van der Waals surface area (Å²) in [5.41, 5.74) is 2.10. The van der Waals surface area contributed by atoms with Crippen LogP contribution in [-0.2, 0) is 13.1 Å². The third-order valence-corrected chi connectivity index (χ3v) is 3.15. The molecule has 0 aliphatic rings. The van der Waals surface area contributed by atoms with Gasteiger partial charge in [-0.25, -0.2) is 4.98 Å². The van der Waals surface area contributed by atoms with Gasteiger partial charge in [0, 0.05) is 23.4 Å². The van der Waals surface area contributed by atoms with Crippen molar-refractivity contribution in [2.24, 2.45) is 5.92 Å². The molecule has 0 aromatic carbocycles. The summed E-state index contributed by atoms with van der Waals surface area (Å²) < 4.78 is 3.06. The average molecular weight is 323 g/mol. The molecule has 4 nitrogen and oxygen atoms in total. The predicted molar refractivity (Wildman–Crippen MR) is 79.8 cm³/mol. The lowest BCUT2D eigenvalue weighted by atomic mass is 10.2. The number of hydrogen-bond acceptors (Lipinski definition) is 3. The standard InChI is InChI=1S/C14H19BrN4/c1-11(2)5-16-7-14-9-19(10-18-14)8-13-4-3-12(15)6-17-13/h3-4,6,9-11,16H,5,7-8H2,1-2H3. The van der Waals surface area contributed by atoms with Gasteiger partial charge < -0.3 is 9.88 Å². The molecule has 2 rings (SSSR count). The number of rotatable bonds is 6. The molecular formula is C14H19BrN4. The fraction of sp³-hybridized carbons (Fsp3) is 0.429. The second-order valence-electron chi connectivity index (χ2n) is 5.03. The smallest absolute Gasteiger partial charge is 0.0953 e. The van der Waals surface area contributed by atoms with Crippen molar-refractivity contribution in [2.75, 3.05) is 6.54 Å². The van der Waals surface area contributed by atoms with E-state index >= 15 is 0 Å². The molecular weight excluding hydrogens is 304 g/mol. The highest BCUT2D eigenvalue weighted by Crippen LogP contribution is 2.08. The molecule has 1 N–H and O–H groups in total. The Kier molecular flexibility index (Phi) is 5.10. The lowest BCUT2D eigenvalue weighted by Crippen LogP contribution is -2.19. The van der Waals surface area contributed by atoms with Crippen molar-refractivity contribution in [3.63, 3.8) is 0 Å². The Balaban J connectivity index is 1.88. The number of imidazole rings is 1. The first-order chi connectivity index (χ1) is 9.13. The summed E-state index contributed by atoms with van der Waals surface area (Å²) in [5, 5.41) is 3.39. The molecule has 2 aromatic heterocycles. The molecule has 0 fully saturated rings. The fourth-order valence-corrected chi connectivity index (χ4v) is 1.99. The van der Waals surface area contributed by atoms with Gasteiger partial charge in [-0.2, -0.15) is 0 Å². The Morgan fingerprint density at radius 3 is 2.79 bits per heavy atom. The van der Waals surface area contributed by atoms with Gasteiger partial charge in [0.1, 0.15) is 0 Å². The van der Waals surface area contributed by atoms with Crippen LogP contribution in [0.5, 0.6) is 0 Å². The summed E-state index contributed by atoms with van der Waals surface area (Å²) in [6, 6.07) is 4.02. The van der Waals surface area contributed by atoms with E-state index in [0.29, 0.717) is 5.92 Å². The largest absolute Gasteiger partial charge is 0.331 e. The number of halogens is 1. The molecule has 102 valence electrons. The average Bonchev–Trinajstić information content (AvgIpc) is 2.79. The van der Waals surface area contributed by atoms with Crippen LogP contribution >= 0.6 is 15.9 Å². The van der Waals surface area contributed by atoms with Crippen LogP contribution in [0.1, 0.15) is 25.2 Å². The van der Waals surface area contributed by atoms with Crippen LogP contribution in [0.2, 0.25) is 0 Å². The molecule has 2 heterocycles. The first-order valence-corrected chi connectivity index (χ1v) is 7.24. The van der Waals surface area contributed by atoms with Gasteiger partial charge in [-0.1, -0.05) is 13.8 Å². The van der Waals surface area contributed by atoms with Gasteiger partial charge in [-0.3, -0.25) is 4.98 Å². The number of hydrogen-bond donors (Lipinski definition) is 1. The summed E-state index contributed by atoms with van der Waals surface area (Å²) in [6.45, 7) is 6.99. The van der Waals surface area contributed by atoms with Gasteiger partial charge in [0.25, 0.3) is 0 Å². The third kappa shape index (κ3) is 4.76. The van der Waals surface area contributed by atoms with Crippen LogP contribution in [0, 0.1) is 5.92 Å². The second kappa shape index (κ2) is 6.82. The Morgan fingerprint density at radius 2 is 2.11 bits per heavy atom. The van der Waals surface area contributed by atoms with Crippen LogP contribution in [0.4, 0.5) is 0 Å². The maximum atomic E-state index is 4.39. The van der Waals surface area contributed by atoms with Crippen molar-refractivity contribution in [1.29, 1.82) is 0 Å². The van der Waals surface area contributed by atoms with Crippen molar-refractivity contribution < 1.29 is 0 Å². The molecule has 0 bridgehead atoms. The Morgan fingerprint density at radius 1 is 1.26 bits per heavy atom. The zero-order valence-corrected chi connectivity index (χ0v) is 12.9. The molecule has 0 saturated carbocycles. The molecule has 0 spiro atoms. The van der Waals surface area contributed by atoms with Crippen LogP contribution in [0.15, 0.2) is 35.3 Å². The van der Waals surface area contributed by atoms with E-state index in [9.17, 15) is 0 Å². The minimum Gasteiger partial charge on any atom is -0.331 e. The monoisotopic (exact) mass is 322 g/mol. The summed E-state index contributed by atoms with van der Waals surface area (Å²) in [7, 11) is 0. The van der Waals surface area contributed by atoms with E-state index in [4.69, 9.17) is 0 Å². The SMILES string of the molecule is CC(C)CNCc1cn(Cc2ccc(Br)cn2)cn1. The molecule has 2 aromatic rings. The maximum Gasteiger partial charge on any atom is 0.0953 e. The topological polar surface area (TPSA) is 42.7 Å². The van der Waals surface area contributed by atoms with E-state index in [1.165, 1.54) is 0 Å². The fourth-order valence-electron chi connectivity index (χ4n) is 1.76. The molecule has 0 radical (unpaired) electrons. The zero-order chi connectivity index (χ0) is 13.7. The third-order valence-electron chi connectivity index (χ3n) is 2.68. The first-order valence-electron chi connectivity index (χ1n) is 6.45. The van der Waals surface area contributed by atoms with Gasteiger partial charge in [0.2, 0.25) is 0 Å².